The van der Waals surface area contributed by atoms with E-state index in [2.05, 4.69) is 18.8 Å². The molecule has 0 bridgehead atoms. The van der Waals surface area contributed by atoms with E-state index in [1.807, 2.05) is 66.7 Å². The van der Waals surface area contributed by atoms with Crippen LogP contribution in [0.3, 0.4) is 0 Å². The molecule has 0 amide bonds. The lowest BCUT2D eigenvalue weighted by Gasteiger charge is -2.12. The zero-order chi connectivity index (χ0) is 23.7. The van der Waals surface area contributed by atoms with Gasteiger partial charge in [0.2, 0.25) is 0 Å². The number of hydrogen-bond donors (Lipinski definition) is 0. The van der Waals surface area contributed by atoms with E-state index in [0.717, 1.165) is 22.3 Å². The van der Waals surface area contributed by atoms with E-state index in [1.165, 1.54) is 22.5 Å². The Morgan fingerprint density at radius 2 is 1.76 bits per heavy atom. The van der Waals surface area contributed by atoms with Gasteiger partial charge in [0.15, 0.2) is 16.5 Å². The van der Waals surface area contributed by atoms with Crippen LogP contribution in [0.4, 0.5) is 0 Å². The van der Waals surface area contributed by atoms with Gasteiger partial charge in [-0.1, -0.05) is 35.6 Å². The van der Waals surface area contributed by atoms with Gasteiger partial charge in [-0.3, -0.25) is 4.79 Å². The van der Waals surface area contributed by atoms with Gasteiger partial charge in [-0.15, -0.1) is 0 Å². The molecular formula is C27H24N2O4S. The lowest BCUT2D eigenvalue weighted by atomic mass is 10.1. The molecule has 0 saturated carbocycles. The van der Waals surface area contributed by atoms with Gasteiger partial charge < -0.3 is 14.2 Å². The highest BCUT2D eigenvalue weighted by Gasteiger charge is 2.11. The van der Waals surface area contributed by atoms with Crippen LogP contribution in [-0.2, 0) is 0 Å². The molecule has 0 atom stereocenters. The zero-order valence-electron chi connectivity index (χ0n) is 19.2. The lowest BCUT2D eigenvalue weighted by molar-refractivity contribution is 0.211. The van der Waals surface area contributed by atoms with E-state index >= 15 is 0 Å². The topological polar surface area (TPSA) is 62.1 Å². The number of para-hydroxylation sites is 2. The number of imidazole rings is 1. The van der Waals surface area contributed by atoms with E-state index in [9.17, 15) is 4.79 Å². The number of ether oxygens (including phenoxy) is 3. The highest BCUT2D eigenvalue weighted by Crippen LogP contribution is 2.28. The molecular weight excluding hydrogens is 448 g/mol. The van der Waals surface area contributed by atoms with Crippen LogP contribution in [0.2, 0.25) is 0 Å². The molecule has 0 spiro atoms. The summed E-state index contributed by atoms with van der Waals surface area (Å²) < 4.78 is 19.5. The molecule has 7 heteroatoms. The maximum absolute atomic E-state index is 13.0. The predicted octanol–water partition coefficient (Wildman–Crippen LogP) is 4.54. The molecule has 0 radical (unpaired) electrons. The summed E-state index contributed by atoms with van der Waals surface area (Å²) in [4.78, 5) is 18.2. The normalized spacial score (nSPS) is 11.9. The number of methoxy groups -OCH3 is 1. The molecule has 0 aliphatic rings. The van der Waals surface area contributed by atoms with Crippen molar-refractivity contribution in [2.24, 2.45) is 0 Å². The summed E-state index contributed by atoms with van der Waals surface area (Å²) in [6.07, 6.45) is 1.85. The maximum Gasteiger partial charge on any atom is 0.274 e. The first kappa shape index (κ1) is 22.0. The average Bonchev–Trinajstić information content (AvgIpc) is 3.35. The Bertz CT molecular complexity index is 1600. The monoisotopic (exact) mass is 472 g/mol. The van der Waals surface area contributed by atoms with Crippen molar-refractivity contribution in [2.75, 3.05) is 20.3 Å². The first-order chi connectivity index (χ1) is 16.5. The van der Waals surface area contributed by atoms with Crippen molar-refractivity contribution in [3.63, 3.8) is 0 Å². The molecule has 5 aromatic rings. The van der Waals surface area contributed by atoms with Crippen LogP contribution in [0.15, 0.2) is 65.5 Å². The van der Waals surface area contributed by atoms with Gasteiger partial charge in [-0.05, 0) is 73.0 Å². The van der Waals surface area contributed by atoms with Crippen molar-refractivity contribution < 1.29 is 14.2 Å². The smallest absolute Gasteiger partial charge is 0.274 e. The lowest BCUT2D eigenvalue weighted by Crippen LogP contribution is -2.22. The summed E-state index contributed by atoms with van der Waals surface area (Å²) in [5, 5.41) is 0. The minimum Gasteiger partial charge on any atom is -0.493 e. The molecule has 172 valence electrons. The van der Waals surface area contributed by atoms with Crippen LogP contribution in [0.5, 0.6) is 17.2 Å². The fraction of sp³-hybridized carbons (Fsp3) is 0.185. The van der Waals surface area contributed by atoms with Crippen LogP contribution in [-0.4, -0.2) is 29.7 Å². The summed E-state index contributed by atoms with van der Waals surface area (Å²) in [6.45, 7) is 4.94. The molecule has 0 aliphatic carbocycles. The molecule has 2 heterocycles. The maximum atomic E-state index is 13.0. The minimum absolute atomic E-state index is 0.0727. The van der Waals surface area contributed by atoms with Gasteiger partial charge >= 0.3 is 0 Å². The van der Waals surface area contributed by atoms with Crippen LogP contribution >= 0.6 is 11.3 Å². The van der Waals surface area contributed by atoms with E-state index in [4.69, 9.17) is 14.2 Å². The molecule has 3 aromatic carbocycles. The summed E-state index contributed by atoms with van der Waals surface area (Å²) in [6, 6.07) is 19.3. The molecule has 5 rings (SSSR count). The number of benzene rings is 3. The van der Waals surface area contributed by atoms with Crippen molar-refractivity contribution in [2.45, 2.75) is 13.8 Å². The highest BCUT2D eigenvalue weighted by atomic mass is 32.1. The van der Waals surface area contributed by atoms with E-state index < -0.39 is 0 Å². The number of fused-ring (bicyclic) bond motifs is 3. The molecule has 0 N–H and O–H groups in total. The van der Waals surface area contributed by atoms with E-state index in [-0.39, 0.29) is 5.56 Å². The van der Waals surface area contributed by atoms with Crippen LogP contribution < -0.4 is 24.3 Å². The second-order valence-corrected chi connectivity index (χ2v) is 9.00. The van der Waals surface area contributed by atoms with E-state index in [0.29, 0.717) is 34.2 Å². The number of thiazole rings is 1. The van der Waals surface area contributed by atoms with Crippen molar-refractivity contribution in [3.8, 4) is 17.2 Å². The first-order valence-electron chi connectivity index (χ1n) is 11.0. The van der Waals surface area contributed by atoms with Gasteiger partial charge in [0.25, 0.3) is 5.56 Å². The van der Waals surface area contributed by atoms with Gasteiger partial charge in [-0.25, -0.2) is 9.38 Å². The van der Waals surface area contributed by atoms with Gasteiger partial charge in [0.1, 0.15) is 19.0 Å². The average molecular weight is 473 g/mol. The van der Waals surface area contributed by atoms with E-state index in [1.54, 1.807) is 11.5 Å². The first-order valence-corrected chi connectivity index (χ1v) is 11.8. The number of nitrogens with zero attached hydrogens (tertiary/aromatic N) is 2. The second-order valence-electron chi connectivity index (χ2n) is 7.99. The predicted molar refractivity (Wildman–Crippen MR) is 136 cm³/mol. The molecule has 2 aromatic heterocycles. The Hall–Kier alpha value is -3.84. The van der Waals surface area contributed by atoms with Crippen molar-refractivity contribution in [1.29, 1.82) is 0 Å². The third-order valence-corrected chi connectivity index (χ3v) is 6.69. The Morgan fingerprint density at radius 3 is 2.59 bits per heavy atom. The molecule has 34 heavy (non-hydrogen) atoms. The standard InChI is InChI=1S/C27H24N2O4S/c1-17-8-10-20(14-18(17)2)32-12-13-33-23-11-9-19(15-24(23)31-3)16-25-26(30)29-22-7-5-4-6-21(22)28-27(29)34-25/h4-11,14-16H,12-13H2,1-3H3. The molecule has 0 saturated heterocycles. The summed E-state index contributed by atoms with van der Waals surface area (Å²) in [7, 11) is 1.60. The van der Waals surface area contributed by atoms with Crippen molar-refractivity contribution in [1.82, 2.24) is 9.38 Å². The van der Waals surface area contributed by atoms with Gasteiger partial charge in [0.05, 0.1) is 22.7 Å². The van der Waals surface area contributed by atoms with Gasteiger partial charge in [-0.2, -0.15) is 0 Å². The number of hydrogen-bond acceptors (Lipinski definition) is 6. The Labute approximate surface area is 200 Å². The van der Waals surface area contributed by atoms with Gasteiger partial charge in [0, 0.05) is 0 Å². The number of rotatable bonds is 7. The Morgan fingerprint density at radius 1 is 0.941 bits per heavy atom. The largest absolute Gasteiger partial charge is 0.493 e. The zero-order valence-corrected chi connectivity index (χ0v) is 20.0. The molecule has 6 nitrogen and oxygen atoms in total. The highest BCUT2D eigenvalue weighted by molar-refractivity contribution is 7.15. The third kappa shape index (κ3) is 4.22. The molecule has 0 unspecified atom stereocenters. The van der Waals surface area contributed by atoms with Crippen LogP contribution in [0.25, 0.3) is 22.1 Å². The quantitative estimate of drug-likeness (QED) is 0.326. The second kappa shape index (κ2) is 9.19. The third-order valence-electron chi connectivity index (χ3n) is 5.72. The minimum atomic E-state index is -0.0727. The van der Waals surface area contributed by atoms with Crippen LogP contribution in [0.1, 0.15) is 16.7 Å². The fourth-order valence-electron chi connectivity index (χ4n) is 3.77. The number of aromatic nitrogens is 2. The Kier molecular flexibility index (Phi) is 5.94. The van der Waals surface area contributed by atoms with Crippen LogP contribution in [0, 0.1) is 13.8 Å². The summed E-state index contributed by atoms with van der Waals surface area (Å²) in [5.41, 5.74) is 4.85. The number of aryl methyl sites for hydroxylation is 2. The fourth-order valence-corrected chi connectivity index (χ4v) is 4.76. The SMILES string of the molecule is COc1cc(C=c2sc3nc4ccccc4n3c2=O)ccc1OCCOc1ccc(C)c(C)c1. The summed E-state index contributed by atoms with van der Waals surface area (Å²) >= 11 is 1.37. The molecule has 0 aliphatic heterocycles. The Balaban J connectivity index is 1.32. The van der Waals surface area contributed by atoms with Crippen molar-refractivity contribution in [3.05, 3.63) is 92.2 Å². The molecule has 0 fully saturated rings. The summed E-state index contributed by atoms with van der Waals surface area (Å²) in [5.74, 6) is 2.05. The van der Waals surface area contributed by atoms with Crippen molar-refractivity contribution >= 4 is 33.4 Å².